The second-order valence-electron chi connectivity index (χ2n) is 5.15. The maximum absolute atomic E-state index is 13.9. The first kappa shape index (κ1) is 15.0. The highest BCUT2D eigenvalue weighted by Gasteiger charge is 2.31. The third-order valence-corrected chi connectivity index (χ3v) is 4.86. The molecule has 0 spiro atoms. The lowest BCUT2D eigenvalue weighted by Gasteiger charge is -2.32. The van der Waals surface area contributed by atoms with E-state index in [4.69, 9.17) is 0 Å². The van der Waals surface area contributed by atoms with E-state index in [1.165, 1.54) is 34.9 Å². The van der Waals surface area contributed by atoms with E-state index in [9.17, 15) is 13.6 Å². The zero-order valence-electron chi connectivity index (χ0n) is 11.8. The lowest BCUT2D eigenvalue weighted by atomic mass is 10.1. The van der Waals surface area contributed by atoms with Gasteiger partial charge in [0.1, 0.15) is 11.6 Å². The molecule has 114 valence electrons. The summed E-state index contributed by atoms with van der Waals surface area (Å²) in [4.78, 5) is 14.8. The summed E-state index contributed by atoms with van der Waals surface area (Å²) in [5.74, 6) is -0.836. The van der Waals surface area contributed by atoms with Crippen molar-refractivity contribution in [3.05, 3.63) is 60.2 Å². The van der Waals surface area contributed by atoms with E-state index >= 15 is 0 Å². The molecule has 0 bridgehead atoms. The van der Waals surface area contributed by atoms with E-state index in [1.54, 1.807) is 30.3 Å². The quantitative estimate of drug-likeness (QED) is 0.843. The van der Waals surface area contributed by atoms with E-state index < -0.39 is 5.82 Å². The normalized spacial score (nSPS) is 18.5. The Morgan fingerprint density at radius 2 is 1.91 bits per heavy atom. The number of hydrogen-bond donors (Lipinski definition) is 0. The van der Waals surface area contributed by atoms with Crippen LogP contribution in [0.1, 0.15) is 12.8 Å². The van der Waals surface area contributed by atoms with Crippen molar-refractivity contribution in [2.24, 2.45) is 0 Å². The summed E-state index contributed by atoms with van der Waals surface area (Å²) in [6.45, 7) is 0.514. The maximum Gasteiger partial charge on any atom is 0.240 e. The molecule has 0 saturated carbocycles. The number of rotatable bonds is 3. The molecule has 0 aliphatic carbocycles. The zero-order valence-corrected chi connectivity index (χ0v) is 12.7. The molecule has 1 heterocycles. The summed E-state index contributed by atoms with van der Waals surface area (Å²) in [5, 5.41) is -0.310. The third-order valence-electron chi connectivity index (χ3n) is 3.61. The molecule has 2 nitrogen and oxygen atoms in total. The number of carbonyl (C=O) groups is 1. The Kier molecular flexibility index (Phi) is 4.43. The average molecular weight is 319 g/mol. The number of benzene rings is 2. The Balaban J connectivity index is 1.80. The highest BCUT2D eigenvalue weighted by Crippen LogP contribution is 2.33. The van der Waals surface area contributed by atoms with Crippen molar-refractivity contribution in [2.45, 2.75) is 23.0 Å². The molecule has 2 aromatic rings. The highest BCUT2D eigenvalue weighted by molar-refractivity contribution is 8.00. The van der Waals surface area contributed by atoms with Crippen LogP contribution in [0, 0.1) is 11.6 Å². The van der Waals surface area contributed by atoms with Crippen molar-refractivity contribution in [3.63, 3.8) is 0 Å². The van der Waals surface area contributed by atoms with E-state index in [0.29, 0.717) is 23.5 Å². The SMILES string of the molecule is O=C1C(Sc2cccc(F)c2)CCCN1c1ccccc1F. The monoisotopic (exact) mass is 319 g/mol. The molecule has 1 saturated heterocycles. The summed E-state index contributed by atoms with van der Waals surface area (Å²) in [7, 11) is 0. The Bertz CT molecular complexity index is 692. The largest absolute Gasteiger partial charge is 0.309 e. The van der Waals surface area contributed by atoms with Gasteiger partial charge in [-0.3, -0.25) is 4.79 Å². The molecule has 1 amide bonds. The van der Waals surface area contributed by atoms with Crippen molar-refractivity contribution in [2.75, 3.05) is 11.4 Å². The molecule has 1 fully saturated rings. The molecule has 0 N–H and O–H groups in total. The van der Waals surface area contributed by atoms with Crippen molar-refractivity contribution >= 4 is 23.4 Å². The van der Waals surface area contributed by atoms with Crippen LogP contribution in [0.2, 0.25) is 0 Å². The Labute approximate surface area is 132 Å². The van der Waals surface area contributed by atoms with Gasteiger partial charge in [-0.1, -0.05) is 18.2 Å². The Morgan fingerprint density at radius 1 is 1.09 bits per heavy atom. The van der Waals surface area contributed by atoms with Gasteiger partial charge >= 0.3 is 0 Å². The predicted molar refractivity (Wildman–Crippen MR) is 84.0 cm³/mol. The number of piperidine rings is 1. The number of nitrogens with zero attached hydrogens (tertiary/aromatic N) is 1. The Morgan fingerprint density at radius 3 is 2.68 bits per heavy atom. The lowest BCUT2D eigenvalue weighted by Crippen LogP contribution is -2.43. The minimum absolute atomic E-state index is 0.120. The van der Waals surface area contributed by atoms with Crippen LogP contribution in [0.3, 0.4) is 0 Å². The average Bonchev–Trinajstić information content (AvgIpc) is 2.50. The molecular formula is C17H15F2NOS. The summed E-state index contributed by atoms with van der Waals surface area (Å²) in [6.07, 6.45) is 1.51. The number of amides is 1. The van der Waals surface area contributed by atoms with Gasteiger partial charge in [0.15, 0.2) is 0 Å². The predicted octanol–water partition coefficient (Wildman–Crippen LogP) is 4.25. The van der Waals surface area contributed by atoms with Gasteiger partial charge in [0.25, 0.3) is 0 Å². The summed E-state index contributed by atoms with van der Waals surface area (Å²) >= 11 is 1.34. The van der Waals surface area contributed by atoms with Crippen LogP contribution in [-0.4, -0.2) is 17.7 Å². The Hall–Kier alpha value is -1.88. The van der Waals surface area contributed by atoms with Crippen LogP contribution in [0.4, 0.5) is 14.5 Å². The second kappa shape index (κ2) is 6.48. The van der Waals surface area contributed by atoms with Crippen molar-refractivity contribution < 1.29 is 13.6 Å². The number of thioether (sulfide) groups is 1. The second-order valence-corrected chi connectivity index (χ2v) is 6.42. The van der Waals surface area contributed by atoms with Gasteiger partial charge in [0, 0.05) is 11.4 Å². The first-order chi connectivity index (χ1) is 10.6. The van der Waals surface area contributed by atoms with Crippen molar-refractivity contribution in [1.82, 2.24) is 0 Å². The highest BCUT2D eigenvalue weighted by atomic mass is 32.2. The van der Waals surface area contributed by atoms with Crippen LogP contribution in [0.25, 0.3) is 0 Å². The molecule has 0 radical (unpaired) electrons. The minimum Gasteiger partial charge on any atom is -0.309 e. The molecule has 1 atom stereocenters. The summed E-state index contributed by atoms with van der Waals surface area (Å²) in [6, 6.07) is 12.5. The summed E-state index contributed by atoms with van der Waals surface area (Å²) in [5.41, 5.74) is 0.317. The van der Waals surface area contributed by atoms with Crippen molar-refractivity contribution in [1.29, 1.82) is 0 Å². The van der Waals surface area contributed by atoms with Crippen LogP contribution in [0.15, 0.2) is 53.4 Å². The third kappa shape index (κ3) is 3.14. The smallest absolute Gasteiger partial charge is 0.240 e. The van der Waals surface area contributed by atoms with Gasteiger partial charge in [-0.2, -0.15) is 0 Å². The van der Waals surface area contributed by atoms with Gasteiger partial charge < -0.3 is 4.90 Å². The molecule has 5 heteroatoms. The van der Waals surface area contributed by atoms with Crippen LogP contribution >= 0.6 is 11.8 Å². The van der Waals surface area contributed by atoms with Gasteiger partial charge in [0.05, 0.1) is 10.9 Å². The van der Waals surface area contributed by atoms with E-state index in [1.807, 2.05) is 0 Å². The van der Waals surface area contributed by atoms with E-state index in [-0.39, 0.29) is 17.0 Å². The first-order valence-electron chi connectivity index (χ1n) is 7.13. The van der Waals surface area contributed by atoms with Crippen molar-refractivity contribution in [3.8, 4) is 0 Å². The van der Waals surface area contributed by atoms with Gasteiger partial charge in [0.2, 0.25) is 5.91 Å². The number of hydrogen-bond acceptors (Lipinski definition) is 2. The number of anilines is 1. The van der Waals surface area contributed by atoms with Gasteiger partial charge in [-0.05, 0) is 43.2 Å². The fourth-order valence-electron chi connectivity index (χ4n) is 2.57. The molecule has 0 aromatic heterocycles. The number of halogens is 2. The molecule has 1 aliphatic rings. The fraction of sp³-hybridized carbons (Fsp3) is 0.235. The maximum atomic E-state index is 13.9. The zero-order chi connectivity index (χ0) is 15.5. The fourth-order valence-corrected chi connectivity index (χ4v) is 3.74. The molecule has 2 aromatic carbocycles. The molecule has 22 heavy (non-hydrogen) atoms. The molecule has 3 rings (SSSR count). The topological polar surface area (TPSA) is 20.3 Å². The number of para-hydroxylation sites is 1. The van der Waals surface area contributed by atoms with E-state index in [2.05, 4.69) is 0 Å². The summed E-state index contributed by atoms with van der Waals surface area (Å²) < 4.78 is 27.2. The number of carbonyl (C=O) groups excluding carboxylic acids is 1. The molecular weight excluding hydrogens is 304 g/mol. The molecule has 1 unspecified atom stereocenters. The minimum atomic E-state index is -0.396. The first-order valence-corrected chi connectivity index (χ1v) is 8.01. The lowest BCUT2D eigenvalue weighted by molar-refractivity contribution is -0.119. The molecule has 1 aliphatic heterocycles. The van der Waals surface area contributed by atoms with Gasteiger partial charge in [-0.25, -0.2) is 8.78 Å². The standard InChI is InChI=1S/C17H15F2NOS/c18-12-5-3-6-13(11-12)22-16-9-4-10-20(17(16)21)15-8-2-1-7-14(15)19/h1-3,5-8,11,16H,4,9-10H2. The van der Waals surface area contributed by atoms with Crippen LogP contribution in [0.5, 0.6) is 0 Å². The van der Waals surface area contributed by atoms with Crippen LogP contribution < -0.4 is 4.90 Å². The van der Waals surface area contributed by atoms with Gasteiger partial charge in [-0.15, -0.1) is 11.8 Å². The van der Waals surface area contributed by atoms with Crippen LogP contribution in [-0.2, 0) is 4.79 Å². The van der Waals surface area contributed by atoms with E-state index in [0.717, 1.165) is 6.42 Å².